The molecule has 0 amide bonds. The fourth-order valence-corrected chi connectivity index (χ4v) is 3.06. The van der Waals surface area contributed by atoms with Crippen molar-refractivity contribution < 1.29 is 0 Å². The number of nitrogens with one attached hydrogen (secondary N) is 1. The molecule has 122 valence electrons. The molecule has 0 bridgehead atoms. The molecule has 0 unspecified atom stereocenters. The molecule has 1 heterocycles. The van der Waals surface area contributed by atoms with Crippen LogP contribution in [0.1, 0.15) is 29.2 Å². The quantitative estimate of drug-likeness (QED) is 0.462. The summed E-state index contributed by atoms with van der Waals surface area (Å²) in [6.45, 7) is 8.31. The summed E-state index contributed by atoms with van der Waals surface area (Å²) in [4.78, 5) is 4.73. The van der Waals surface area contributed by atoms with Crippen molar-refractivity contribution in [3.05, 3.63) is 69.2 Å². The molecule has 0 fully saturated rings. The number of pyridine rings is 1. The van der Waals surface area contributed by atoms with E-state index in [1.165, 1.54) is 22.1 Å². The van der Waals surface area contributed by atoms with Gasteiger partial charge in [-0.05, 0) is 68.7 Å². The first kappa shape index (κ1) is 16.7. The molecular weight excluding hydrogens is 362 g/mol. The molecule has 3 aromatic rings. The molecule has 1 aromatic heterocycles. The van der Waals surface area contributed by atoms with Crippen molar-refractivity contribution in [2.24, 2.45) is 5.10 Å². The van der Waals surface area contributed by atoms with E-state index in [0.717, 1.165) is 27.1 Å². The number of rotatable bonds is 3. The number of fused-ring (bicyclic) bond motifs is 1. The number of hydrogen-bond donors (Lipinski definition) is 1. The molecule has 0 spiro atoms. The van der Waals surface area contributed by atoms with Crippen LogP contribution in [0.5, 0.6) is 0 Å². The first-order chi connectivity index (χ1) is 11.4. The van der Waals surface area contributed by atoms with Crippen LogP contribution in [0.25, 0.3) is 10.9 Å². The number of halogens is 1. The summed E-state index contributed by atoms with van der Waals surface area (Å²) in [7, 11) is 0. The van der Waals surface area contributed by atoms with Crippen LogP contribution in [0.2, 0.25) is 0 Å². The maximum atomic E-state index is 4.73. The number of nitrogens with zero attached hydrogens (tertiary/aromatic N) is 2. The molecule has 0 atom stereocenters. The van der Waals surface area contributed by atoms with Crippen LogP contribution in [-0.2, 0) is 0 Å². The number of aryl methyl sites for hydroxylation is 3. The van der Waals surface area contributed by atoms with Crippen LogP contribution < -0.4 is 5.43 Å². The van der Waals surface area contributed by atoms with Crippen molar-refractivity contribution in [1.82, 2.24) is 4.98 Å². The molecule has 0 saturated heterocycles. The molecule has 0 radical (unpaired) electrons. The van der Waals surface area contributed by atoms with E-state index >= 15 is 0 Å². The smallest absolute Gasteiger partial charge is 0.147 e. The Kier molecular flexibility index (Phi) is 4.67. The number of hydrazone groups is 1. The molecule has 3 rings (SSSR count). The normalized spacial score (nSPS) is 11.8. The summed E-state index contributed by atoms with van der Waals surface area (Å²) in [6, 6.07) is 14.5. The van der Waals surface area contributed by atoms with E-state index in [1.54, 1.807) is 0 Å². The van der Waals surface area contributed by atoms with Crippen LogP contribution in [-0.4, -0.2) is 10.7 Å². The van der Waals surface area contributed by atoms with Gasteiger partial charge in [-0.15, -0.1) is 0 Å². The number of anilines is 1. The minimum atomic E-state index is 0.767. The lowest BCUT2D eigenvalue weighted by Gasteiger charge is -2.10. The predicted octanol–water partition coefficient (Wildman–Crippen LogP) is 5.76. The molecule has 0 aliphatic rings. The minimum absolute atomic E-state index is 0.767. The number of aromatic nitrogens is 1. The molecule has 0 saturated carbocycles. The molecule has 2 aromatic carbocycles. The second kappa shape index (κ2) is 6.73. The van der Waals surface area contributed by atoms with E-state index in [-0.39, 0.29) is 0 Å². The summed E-state index contributed by atoms with van der Waals surface area (Å²) in [5.41, 5.74) is 9.77. The standard InChI is InChI=1S/C20H20BrN3/c1-12-9-14(3)20-18(10-12)13(2)11-19(22-20)24-23-15(4)16-5-7-17(21)8-6-16/h5-11H,1-4H3,(H,22,24). The first-order valence-corrected chi connectivity index (χ1v) is 8.68. The average Bonchev–Trinajstić information content (AvgIpc) is 2.54. The van der Waals surface area contributed by atoms with Crippen molar-refractivity contribution in [3.63, 3.8) is 0 Å². The van der Waals surface area contributed by atoms with Crippen molar-refractivity contribution in [2.75, 3.05) is 5.43 Å². The van der Waals surface area contributed by atoms with Crippen LogP contribution in [0.4, 0.5) is 5.82 Å². The van der Waals surface area contributed by atoms with Gasteiger partial charge in [0, 0.05) is 9.86 Å². The number of benzene rings is 2. The zero-order valence-corrected chi connectivity index (χ0v) is 15.9. The van der Waals surface area contributed by atoms with Gasteiger partial charge in [-0.25, -0.2) is 4.98 Å². The van der Waals surface area contributed by atoms with E-state index < -0.39 is 0 Å². The zero-order chi connectivity index (χ0) is 17.3. The minimum Gasteiger partial charge on any atom is -0.261 e. The summed E-state index contributed by atoms with van der Waals surface area (Å²) >= 11 is 3.45. The largest absolute Gasteiger partial charge is 0.261 e. The Morgan fingerprint density at radius 3 is 2.42 bits per heavy atom. The monoisotopic (exact) mass is 381 g/mol. The maximum absolute atomic E-state index is 4.73. The van der Waals surface area contributed by atoms with Crippen molar-refractivity contribution >= 4 is 38.4 Å². The van der Waals surface area contributed by atoms with Gasteiger partial charge in [0.25, 0.3) is 0 Å². The third kappa shape index (κ3) is 3.49. The molecule has 3 nitrogen and oxygen atoms in total. The van der Waals surface area contributed by atoms with Crippen LogP contribution >= 0.6 is 15.9 Å². The molecular formula is C20H20BrN3. The highest BCUT2D eigenvalue weighted by Crippen LogP contribution is 2.24. The lowest BCUT2D eigenvalue weighted by atomic mass is 10.0. The van der Waals surface area contributed by atoms with Crippen LogP contribution in [0.15, 0.2) is 52.0 Å². The van der Waals surface area contributed by atoms with Gasteiger partial charge in [-0.2, -0.15) is 5.10 Å². The zero-order valence-electron chi connectivity index (χ0n) is 14.3. The van der Waals surface area contributed by atoms with Gasteiger partial charge in [0.2, 0.25) is 0 Å². The van der Waals surface area contributed by atoms with Crippen LogP contribution in [0.3, 0.4) is 0 Å². The van der Waals surface area contributed by atoms with Gasteiger partial charge in [0.15, 0.2) is 0 Å². The Morgan fingerprint density at radius 2 is 1.71 bits per heavy atom. The van der Waals surface area contributed by atoms with E-state index in [0.29, 0.717) is 0 Å². The van der Waals surface area contributed by atoms with Gasteiger partial charge >= 0.3 is 0 Å². The Bertz CT molecular complexity index is 928. The predicted molar refractivity (Wildman–Crippen MR) is 106 cm³/mol. The van der Waals surface area contributed by atoms with Crippen molar-refractivity contribution in [3.8, 4) is 0 Å². The van der Waals surface area contributed by atoms with Gasteiger partial charge in [0.05, 0.1) is 11.2 Å². The van der Waals surface area contributed by atoms with E-state index in [1.807, 2.05) is 37.3 Å². The van der Waals surface area contributed by atoms with Crippen LogP contribution in [0, 0.1) is 20.8 Å². The highest BCUT2D eigenvalue weighted by Gasteiger charge is 2.06. The summed E-state index contributed by atoms with van der Waals surface area (Å²) in [5.74, 6) is 0.767. The van der Waals surface area contributed by atoms with E-state index in [2.05, 4.69) is 59.4 Å². The summed E-state index contributed by atoms with van der Waals surface area (Å²) in [5, 5.41) is 5.68. The lowest BCUT2D eigenvalue weighted by molar-refractivity contribution is 1.23. The van der Waals surface area contributed by atoms with Gasteiger partial charge in [0.1, 0.15) is 5.82 Å². The molecule has 0 aliphatic carbocycles. The Labute approximate surface area is 150 Å². The summed E-state index contributed by atoms with van der Waals surface area (Å²) < 4.78 is 1.06. The highest BCUT2D eigenvalue weighted by molar-refractivity contribution is 9.10. The average molecular weight is 382 g/mol. The van der Waals surface area contributed by atoms with Gasteiger partial charge in [-0.3, -0.25) is 5.43 Å². The molecule has 24 heavy (non-hydrogen) atoms. The fraction of sp³-hybridized carbons (Fsp3) is 0.200. The molecule has 1 N–H and O–H groups in total. The Hall–Kier alpha value is -2.20. The molecule has 4 heteroatoms. The van der Waals surface area contributed by atoms with Gasteiger partial charge < -0.3 is 0 Å². The number of hydrogen-bond acceptors (Lipinski definition) is 3. The first-order valence-electron chi connectivity index (χ1n) is 7.89. The van der Waals surface area contributed by atoms with Crippen molar-refractivity contribution in [2.45, 2.75) is 27.7 Å². The highest BCUT2D eigenvalue weighted by atomic mass is 79.9. The fourth-order valence-electron chi connectivity index (χ4n) is 2.80. The summed E-state index contributed by atoms with van der Waals surface area (Å²) in [6.07, 6.45) is 0. The second-order valence-electron chi connectivity index (χ2n) is 6.12. The van der Waals surface area contributed by atoms with Crippen molar-refractivity contribution in [1.29, 1.82) is 0 Å². The third-order valence-electron chi connectivity index (χ3n) is 4.06. The van der Waals surface area contributed by atoms with Gasteiger partial charge in [-0.1, -0.05) is 39.7 Å². The SMILES string of the molecule is CC(=NNc1cc(C)c2cc(C)cc(C)c2n1)c1ccc(Br)cc1. The lowest BCUT2D eigenvalue weighted by Crippen LogP contribution is -2.01. The molecule has 0 aliphatic heterocycles. The Balaban J connectivity index is 1.93. The maximum Gasteiger partial charge on any atom is 0.147 e. The van der Waals surface area contributed by atoms with E-state index in [9.17, 15) is 0 Å². The Morgan fingerprint density at radius 1 is 1.00 bits per heavy atom. The third-order valence-corrected chi connectivity index (χ3v) is 4.58. The second-order valence-corrected chi connectivity index (χ2v) is 7.03. The topological polar surface area (TPSA) is 37.3 Å². The van der Waals surface area contributed by atoms with E-state index in [4.69, 9.17) is 4.98 Å².